The molecule has 0 aromatic carbocycles. The van der Waals surface area contributed by atoms with Gasteiger partial charge in [0.05, 0.1) is 18.2 Å². The third-order valence-electron chi connectivity index (χ3n) is 2.28. The van der Waals surface area contributed by atoms with Crippen LogP contribution in [-0.2, 0) is 0 Å². The van der Waals surface area contributed by atoms with Gasteiger partial charge >= 0.3 is 0 Å². The van der Waals surface area contributed by atoms with Crippen LogP contribution in [0.4, 0.5) is 0 Å². The number of rotatable bonds is 4. The Morgan fingerprint density at radius 3 is 2.81 bits per heavy atom. The monoisotopic (exact) mass is 286 g/mol. The largest absolute Gasteiger partial charge is 0.394 e. The van der Waals surface area contributed by atoms with Crippen LogP contribution in [0.25, 0.3) is 0 Å². The molecule has 0 bridgehead atoms. The molecule has 88 valence electrons. The SMILES string of the molecule is CCC(CO)NC(=O)c1ccc(C)nc1Br. The molecule has 0 fully saturated rings. The number of aliphatic hydroxyl groups is 1. The summed E-state index contributed by atoms with van der Waals surface area (Å²) in [5, 5.41) is 11.7. The quantitative estimate of drug-likeness (QED) is 0.828. The molecular weight excluding hydrogens is 272 g/mol. The summed E-state index contributed by atoms with van der Waals surface area (Å²) in [5.74, 6) is -0.222. The molecule has 1 unspecified atom stereocenters. The molecule has 0 aliphatic heterocycles. The number of nitrogens with one attached hydrogen (secondary N) is 1. The van der Waals surface area contributed by atoms with Crippen LogP contribution in [0.5, 0.6) is 0 Å². The molecule has 1 atom stereocenters. The van der Waals surface area contributed by atoms with Gasteiger partial charge in [0.25, 0.3) is 5.91 Å². The number of aliphatic hydroxyl groups excluding tert-OH is 1. The average molecular weight is 287 g/mol. The molecule has 1 heterocycles. The number of pyridine rings is 1. The standard InChI is InChI=1S/C11H15BrN2O2/c1-3-8(6-15)14-11(16)9-5-4-7(2)13-10(9)12/h4-5,8,15H,3,6H2,1-2H3,(H,14,16). The molecule has 1 aromatic heterocycles. The van der Waals surface area contributed by atoms with Crippen LogP contribution in [0.3, 0.4) is 0 Å². The third kappa shape index (κ3) is 3.28. The van der Waals surface area contributed by atoms with Crippen molar-refractivity contribution < 1.29 is 9.90 Å². The van der Waals surface area contributed by atoms with Crippen LogP contribution in [0.1, 0.15) is 29.4 Å². The minimum absolute atomic E-state index is 0.0564. The van der Waals surface area contributed by atoms with Gasteiger partial charge in [-0.25, -0.2) is 4.98 Å². The van der Waals surface area contributed by atoms with E-state index in [1.165, 1.54) is 0 Å². The number of amides is 1. The molecule has 0 spiro atoms. The molecule has 0 aliphatic carbocycles. The number of aryl methyl sites for hydroxylation is 1. The smallest absolute Gasteiger partial charge is 0.254 e. The Hall–Kier alpha value is -0.940. The Kier molecular flexibility index (Phi) is 4.89. The summed E-state index contributed by atoms with van der Waals surface area (Å²) in [7, 11) is 0. The van der Waals surface area contributed by atoms with Crippen LogP contribution in [0.15, 0.2) is 16.7 Å². The van der Waals surface area contributed by atoms with Crippen molar-refractivity contribution in [2.75, 3.05) is 6.61 Å². The number of hydrogen-bond donors (Lipinski definition) is 2. The molecule has 4 nitrogen and oxygen atoms in total. The van der Waals surface area contributed by atoms with E-state index in [0.717, 1.165) is 5.69 Å². The summed E-state index contributed by atoms with van der Waals surface area (Å²) in [5.41, 5.74) is 1.33. The Morgan fingerprint density at radius 1 is 1.62 bits per heavy atom. The maximum Gasteiger partial charge on any atom is 0.254 e. The number of aromatic nitrogens is 1. The maximum atomic E-state index is 11.8. The van der Waals surface area contributed by atoms with E-state index in [4.69, 9.17) is 5.11 Å². The van der Waals surface area contributed by atoms with E-state index in [1.807, 2.05) is 13.8 Å². The lowest BCUT2D eigenvalue weighted by molar-refractivity contribution is 0.0913. The molecule has 0 saturated carbocycles. The Labute approximate surface area is 103 Å². The van der Waals surface area contributed by atoms with Crippen molar-refractivity contribution in [1.29, 1.82) is 0 Å². The van der Waals surface area contributed by atoms with Gasteiger partial charge in [-0.2, -0.15) is 0 Å². The molecule has 0 aliphatic rings. The summed E-state index contributed by atoms with van der Waals surface area (Å²) in [6.45, 7) is 3.71. The summed E-state index contributed by atoms with van der Waals surface area (Å²) in [4.78, 5) is 16.0. The summed E-state index contributed by atoms with van der Waals surface area (Å²) in [6.07, 6.45) is 0.694. The van der Waals surface area contributed by atoms with Gasteiger partial charge in [0.15, 0.2) is 0 Å². The average Bonchev–Trinajstić information content (AvgIpc) is 2.25. The molecular formula is C11H15BrN2O2. The minimum Gasteiger partial charge on any atom is -0.394 e. The summed E-state index contributed by atoms with van der Waals surface area (Å²) >= 11 is 3.25. The van der Waals surface area contributed by atoms with E-state index in [-0.39, 0.29) is 18.6 Å². The molecule has 0 saturated heterocycles. The molecule has 1 aromatic rings. The first-order valence-electron chi connectivity index (χ1n) is 5.13. The first kappa shape index (κ1) is 13.1. The second-order valence-corrected chi connectivity index (χ2v) is 4.30. The fourth-order valence-electron chi connectivity index (χ4n) is 1.23. The lowest BCUT2D eigenvalue weighted by Gasteiger charge is -2.14. The van der Waals surface area contributed by atoms with E-state index in [1.54, 1.807) is 12.1 Å². The number of halogens is 1. The van der Waals surface area contributed by atoms with Crippen molar-refractivity contribution in [3.8, 4) is 0 Å². The zero-order chi connectivity index (χ0) is 12.1. The second-order valence-electron chi connectivity index (χ2n) is 3.55. The molecule has 16 heavy (non-hydrogen) atoms. The van der Waals surface area contributed by atoms with Gasteiger partial charge in [-0.05, 0) is 41.4 Å². The lowest BCUT2D eigenvalue weighted by Crippen LogP contribution is -2.37. The van der Waals surface area contributed by atoms with Crippen LogP contribution in [0, 0.1) is 6.92 Å². The minimum atomic E-state index is -0.222. The summed E-state index contributed by atoms with van der Waals surface area (Å²) in [6, 6.07) is 3.28. The van der Waals surface area contributed by atoms with Crippen molar-refractivity contribution in [3.05, 3.63) is 28.0 Å². The van der Waals surface area contributed by atoms with Crippen LogP contribution in [0.2, 0.25) is 0 Å². The lowest BCUT2D eigenvalue weighted by atomic mass is 10.2. The van der Waals surface area contributed by atoms with Gasteiger partial charge in [0.1, 0.15) is 4.60 Å². The first-order chi connectivity index (χ1) is 7.58. The molecule has 1 amide bonds. The molecule has 5 heteroatoms. The van der Waals surface area contributed by atoms with Gasteiger partial charge in [-0.15, -0.1) is 0 Å². The van der Waals surface area contributed by atoms with Crippen molar-refractivity contribution in [2.24, 2.45) is 0 Å². The predicted molar refractivity (Wildman–Crippen MR) is 65.3 cm³/mol. The van der Waals surface area contributed by atoms with Crippen molar-refractivity contribution in [2.45, 2.75) is 26.3 Å². The Morgan fingerprint density at radius 2 is 2.31 bits per heavy atom. The Bertz CT molecular complexity index is 378. The number of carbonyl (C=O) groups excluding carboxylic acids is 1. The topological polar surface area (TPSA) is 62.2 Å². The first-order valence-corrected chi connectivity index (χ1v) is 5.92. The van der Waals surface area contributed by atoms with Crippen molar-refractivity contribution in [1.82, 2.24) is 10.3 Å². The third-order valence-corrected chi connectivity index (χ3v) is 2.89. The Balaban J connectivity index is 2.80. The maximum absolute atomic E-state index is 11.8. The highest BCUT2D eigenvalue weighted by Crippen LogP contribution is 2.14. The molecule has 2 N–H and O–H groups in total. The van der Waals surface area contributed by atoms with E-state index in [0.29, 0.717) is 16.6 Å². The van der Waals surface area contributed by atoms with E-state index < -0.39 is 0 Å². The predicted octanol–water partition coefficient (Wildman–Crippen LogP) is 1.65. The van der Waals surface area contributed by atoms with Gasteiger partial charge < -0.3 is 10.4 Å². The van der Waals surface area contributed by atoms with Crippen LogP contribution in [-0.4, -0.2) is 28.6 Å². The zero-order valence-electron chi connectivity index (χ0n) is 9.33. The highest BCUT2D eigenvalue weighted by Gasteiger charge is 2.14. The zero-order valence-corrected chi connectivity index (χ0v) is 10.9. The summed E-state index contributed by atoms with van der Waals surface area (Å²) < 4.78 is 0.526. The van der Waals surface area contributed by atoms with Crippen LogP contribution < -0.4 is 5.32 Å². The van der Waals surface area contributed by atoms with Gasteiger partial charge in [-0.3, -0.25) is 4.79 Å². The van der Waals surface area contributed by atoms with Gasteiger partial charge in [0, 0.05) is 5.69 Å². The normalized spacial score (nSPS) is 12.2. The number of nitrogens with zero attached hydrogens (tertiary/aromatic N) is 1. The van der Waals surface area contributed by atoms with Crippen LogP contribution >= 0.6 is 15.9 Å². The van der Waals surface area contributed by atoms with E-state index in [2.05, 4.69) is 26.2 Å². The molecule has 0 radical (unpaired) electrons. The number of carbonyl (C=O) groups is 1. The highest BCUT2D eigenvalue weighted by atomic mass is 79.9. The van der Waals surface area contributed by atoms with Crippen molar-refractivity contribution >= 4 is 21.8 Å². The van der Waals surface area contributed by atoms with E-state index in [9.17, 15) is 4.79 Å². The fourth-order valence-corrected chi connectivity index (χ4v) is 1.83. The highest BCUT2D eigenvalue weighted by molar-refractivity contribution is 9.10. The van der Waals surface area contributed by atoms with Gasteiger partial charge in [-0.1, -0.05) is 6.92 Å². The van der Waals surface area contributed by atoms with Gasteiger partial charge in [0.2, 0.25) is 0 Å². The second kappa shape index (κ2) is 5.96. The van der Waals surface area contributed by atoms with Crippen molar-refractivity contribution in [3.63, 3.8) is 0 Å². The molecule has 1 rings (SSSR count). The number of hydrogen-bond acceptors (Lipinski definition) is 3. The fraction of sp³-hybridized carbons (Fsp3) is 0.455. The van der Waals surface area contributed by atoms with E-state index >= 15 is 0 Å².